The van der Waals surface area contributed by atoms with Crippen LogP contribution >= 0.6 is 7.60 Å². The Morgan fingerprint density at radius 3 is 2.06 bits per heavy atom. The molecule has 0 saturated heterocycles. The Morgan fingerprint density at radius 2 is 1.81 bits per heavy atom. The normalized spacial score (nSPS) is 14.9. The molecule has 0 aromatic rings. The first-order chi connectivity index (χ1) is 7.35. The smallest absolute Gasteiger partial charge is 0.388 e. The van der Waals surface area contributed by atoms with E-state index in [1.165, 1.54) is 6.92 Å². The van der Waals surface area contributed by atoms with Gasteiger partial charge in [-0.1, -0.05) is 0 Å². The molecule has 0 aliphatic carbocycles. The molecule has 0 aliphatic heterocycles. The fourth-order valence-electron chi connectivity index (χ4n) is 1.04. The van der Waals surface area contributed by atoms with Gasteiger partial charge in [-0.25, -0.2) is 0 Å². The third kappa shape index (κ3) is 3.31. The Bertz CT molecular complexity index is 327. The molecule has 6 nitrogen and oxygen atoms in total. The number of esters is 1. The number of rotatable bonds is 6. The van der Waals surface area contributed by atoms with Crippen molar-refractivity contribution in [3.05, 3.63) is 0 Å². The zero-order valence-corrected chi connectivity index (χ0v) is 10.7. The van der Waals surface area contributed by atoms with Gasteiger partial charge in [-0.2, -0.15) is 5.26 Å². The number of nitrogens with zero attached hydrogens (tertiary/aromatic N) is 1. The Hall–Kier alpha value is -0.890. The average Bonchev–Trinajstić information content (AvgIpc) is 2.17. The summed E-state index contributed by atoms with van der Waals surface area (Å²) in [5.41, 5.74) is 0. The first-order valence-electron chi connectivity index (χ1n) is 4.85. The Balaban J connectivity index is 5.21. The lowest BCUT2D eigenvalue weighted by Crippen LogP contribution is -2.31. The third-order valence-corrected chi connectivity index (χ3v) is 4.10. The highest BCUT2D eigenvalue weighted by molar-refractivity contribution is 7.55. The molecule has 16 heavy (non-hydrogen) atoms. The lowest BCUT2D eigenvalue weighted by atomic mass is 10.4. The molecule has 0 rings (SSSR count). The van der Waals surface area contributed by atoms with Gasteiger partial charge in [0.2, 0.25) is 0 Å². The number of carbonyl (C=O) groups excluding carboxylic acids is 1. The molecule has 1 atom stereocenters. The van der Waals surface area contributed by atoms with E-state index in [4.69, 9.17) is 19.0 Å². The molecule has 0 fully saturated rings. The van der Waals surface area contributed by atoms with E-state index in [2.05, 4.69) is 0 Å². The lowest BCUT2D eigenvalue weighted by molar-refractivity contribution is -0.146. The van der Waals surface area contributed by atoms with Crippen LogP contribution in [0.1, 0.15) is 27.7 Å². The maximum Gasteiger partial charge on any atom is 0.388 e. The summed E-state index contributed by atoms with van der Waals surface area (Å²) in [6.45, 7) is 5.73. The largest absolute Gasteiger partial charge is 0.431 e. The summed E-state index contributed by atoms with van der Waals surface area (Å²) in [7, 11) is -3.80. The van der Waals surface area contributed by atoms with Gasteiger partial charge in [0.15, 0.2) is 0 Å². The van der Waals surface area contributed by atoms with Crippen molar-refractivity contribution in [1.29, 1.82) is 5.26 Å². The zero-order valence-electron chi connectivity index (χ0n) is 9.85. The van der Waals surface area contributed by atoms with Crippen molar-refractivity contribution in [1.82, 2.24) is 0 Å². The predicted octanol–water partition coefficient (Wildman–Crippen LogP) is 2.06. The highest BCUT2D eigenvalue weighted by atomic mass is 31.2. The number of nitriles is 1. The SMILES string of the molecule is CCOP(=O)(OCC)C(C)(C#N)OC(C)=O. The number of hydrogen-bond acceptors (Lipinski definition) is 6. The van der Waals surface area contributed by atoms with Crippen LogP contribution in [-0.4, -0.2) is 24.5 Å². The van der Waals surface area contributed by atoms with E-state index < -0.39 is 18.9 Å². The first kappa shape index (κ1) is 15.1. The molecular formula is C9H16NO5P. The molecule has 0 radical (unpaired) electrons. The molecule has 0 bridgehead atoms. The minimum atomic E-state index is -3.80. The molecular weight excluding hydrogens is 233 g/mol. The van der Waals surface area contributed by atoms with Crippen LogP contribution < -0.4 is 0 Å². The van der Waals surface area contributed by atoms with Crippen LogP contribution in [0.3, 0.4) is 0 Å². The summed E-state index contributed by atoms with van der Waals surface area (Å²) < 4.78 is 26.9. The molecule has 7 heteroatoms. The topological polar surface area (TPSA) is 85.6 Å². The fraction of sp³-hybridized carbons (Fsp3) is 0.778. The average molecular weight is 249 g/mol. The summed E-state index contributed by atoms with van der Waals surface area (Å²) >= 11 is 0. The van der Waals surface area contributed by atoms with Gasteiger partial charge >= 0.3 is 13.6 Å². The monoisotopic (exact) mass is 249 g/mol. The predicted molar refractivity (Wildman–Crippen MR) is 56.6 cm³/mol. The zero-order chi connectivity index (χ0) is 12.8. The van der Waals surface area contributed by atoms with Crippen LogP contribution in [0.4, 0.5) is 0 Å². The van der Waals surface area contributed by atoms with Crippen LogP contribution in [0.15, 0.2) is 0 Å². The van der Waals surface area contributed by atoms with E-state index in [9.17, 15) is 9.36 Å². The van der Waals surface area contributed by atoms with Crippen molar-refractivity contribution in [3.63, 3.8) is 0 Å². The molecule has 0 aromatic carbocycles. The lowest BCUT2D eigenvalue weighted by Gasteiger charge is -2.29. The van der Waals surface area contributed by atoms with Crippen molar-refractivity contribution >= 4 is 13.6 Å². The molecule has 0 heterocycles. The Labute approximate surface area is 95.0 Å². The summed E-state index contributed by atoms with van der Waals surface area (Å²) in [4.78, 5) is 10.9. The molecule has 92 valence electrons. The van der Waals surface area contributed by atoms with Gasteiger partial charge < -0.3 is 13.8 Å². The van der Waals surface area contributed by atoms with Gasteiger partial charge in [0.1, 0.15) is 6.07 Å². The highest BCUT2D eigenvalue weighted by Crippen LogP contribution is 2.60. The van der Waals surface area contributed by atoms with Crippen LogP contribution in [0.25, 0.3) is 0 Å². The van der Waals surface area contributed by atoms with Crippen molar-refractivity contribution < 1.29 is 23.1 Å². The van der Waals surface area contributed by atoms with Crippen LogP contribution in [0.5, 0.6) is 0 Å². The van der Waals surface area contributed by atoms with Crippen molar-refractivity contribution in [2.75, 3.05) is 13.2 Å². The van der Waals surface area contributed by atoms with E-state index in [0.29, 0.717) is 0 Å². The van der Waals surface area contributed by atoms with E-state index >= 15 is 0 Å². The number of hydrogen-bond donors (Lipinski definition) is 0. The van der Waals surface area contributed by atoms with E-state index in [1.54, 1.807) is 19.9 Å². The molecule has 0 spiro atoms. The quantitative estimate of drug-likeness (QED) is 0.529. The van der Waals surface area contributed by atoms with Crippen molar-refractivity contribution in [2.45, 2.75) is 33.0 Å². The Kier molecular flexibility index (Phi) is 5.66. The van der Waals surface area contributed by atoms with Gasteiger partial charge in [0.25, 0.3) is 5.34 Å². The van der Waals surface area contributed by atoms with E-state index in [-0.39, 0.29) is 13.2 Å². The van der Waals surface area contributed by atoms with Crippen molar-refractivity contribution in [3.8, 4) is 6.07 Å². The first-order valence-corrected chi connectivity index (χ1v) is 6.39. The summed E-state index contributed by atoms with van der Waals surface area (Å²) in [5.74, 6) is -0.719. The van der Waals surface area contributed by atoms with Gasteiger partial charge in [-0.3, -0.25) is 9.36 Å². The summed E-state index contributed by atoms with van der Waals surface area (Å²) in [5, 5.41) is 7.05. The third-order valence-electron chi connectivity index (χ3n) is 1.67. The number of carbonyl (C=O) groups is 1. The maximum atomic E-state index is 12.3. The fourth-order valence-corrected chi connectivity index (χ4v) is 2.65. The van der Waals surface area contributed by atoms with Crippen LogP contribution in [0.2, 0.25) is 0 Å². The maximum absolute atomic E-state index is 12.3. The van der Waals surface area contributed by atoms with Gasteiger partial charge in [-0.15, -0.1) is 0 Å². The molecule has 0 N–H and O–H groups in total. The Morgan fingerprint density at radius 1 is 1.38 bits per heavy atom. The molecule has 0 aliphatic rings. The highest BCUT2D eigenvalue weighted by Gasteiger charge is 2.51. The van der Waals surface area contributed by atoms with Gasteiger partial charge in [-0.05, 0) is 13.8 Å². The van der Waals surface area contributed by atoms with Gasteiger partial charge in [0, 0.05) is 13.8 Å². The minimum absolute atomic E-state index is 0.0931. The van der Waals surface area contributed by atoms with E-state index in [1.807, 2.05) is 0 Å². The second-order valence-electron chi connectivity index (χ2n) is 3.02. The second-order valence-corrected chi connectivity index (χ2v) is 5.39. The van der Waals surface area contributed by atoms with Crippen molar-refractivity contribution in [2.24, 2.45) is 0 Å². The second kappa shape index (κ2) is 6.00. The van der Waals surface area contributed by atoms with Crippen LogP contribution in [-0.2, 0) is 23.1 Å². The van der Waals surface area contributed by atoms with Crippen LogP contribution in [0, 0.1) is 11.3 Å². The van der Waals surface area contributed by atoms with Gasteiger partial charge in [0.05, 0.1) is 13.2 Å². The number of ether oxygens (including phenoxy) is 1. The summed E-state index contributed by atoms with van der Waals surface area (Å²) in [6.07, 6.45) is 0. The molecule has 1 unspecified atom stereocenters. The summed E-state index contributed by atoms with van der Waals surface area (Å²) in [6, 6.07) is 1.66. The molecule has 0 amide bonds. The standard InChI is InChI=1S/C9H16NO5P/c1-5-13-16(12,14-6-2)9(4,7-10)15-8(3)11/h5-6H2,1-4H3. The molecule has 0 saturated carbocycles. The minimum Gasteiger partial charge on any atom is -0.431 e. The molecule has 0 aromatic heterocycles. The van der Waals surface area contributed by atoms with E-state index in [0.717, 1.165) is 6.92 Å².